The van der Waals surface area contributed by atoms with Crippen LogP contribution in [0.3, 0.4) is 0 Å². The van der Waals surface area contributed by atoms with Crippen molar-refractivity contribution in [2.45, 2.75) is 205 Å². The second-order valence-corrected chi connectivity index (χ2v) is 11.0. The summed E-state index contributed by atoms with van der Waals surface area (Å²) in [6.45, 7) is 34.2. The molecule has 1 aromatic carbocycles. The summed E-state index contributed by atoms with van der Waals surface area (Å²) in [6.07, 6.45) is 18.6. The van der Waals surface area contributed by atoms with Crippen molar-refractivity contribution >= 4 is 0 Å². The highest BCUT2D eigenvalue weighted by Crippen LogP contribution is 2.28. The molecule has 1 saturated carbocycles. The van der Waals surface area contributed by atoms with Crippen LogP contribution in [-0.2, 0) is 0 Å². The number of hydrogen-bond donors (Lipinski definition) is 0. The molecule has 4 atom stereocenters. The fourth-order valence-electron chi connectivity index (χ4n) is 4.46. The van der Waals surface area contributed by atoms with Crippen molar-refractivity contribution in [2.75, 3.05) is 0 Å². The number of benzene rings is 1. The molecule has 1 aromatic rings. The first-order valence-electron chi connectivity index (χ1n) is 17.5. The van der Waals surface area contributed by atoms with E-state index < -0.39 is 0 Å². The fraction of sp³-hybridized carbons (Fsp3) is 0.773. The van der Waals surface area contributed by atoms with E-state index in [1.54, 1.807) is 11.1 Å². The predicted molar refractivity (Wildman–Crippen MR) is 219 cm³/mol. The summed E-state index contributed by atoms with van der Waals surface area (Å²) in [7, 11) is 0. The molecule has 4 rings (SSSR count). The molecule has 0 heteroatoms. The standard InChI is InChI=1S/C8H16.2C8H14.C8H10.4C2H6.4CH4/c4*1-7-5-3-4-6-8(7)2;4*1-2;;;;/h7-8H,3-6H2,1-2H3;3-6H2,1-2H3;3-4,7-8H,5-6H2,1-2H3;3-6H,1-2H3;4*1-2H3;4*1H4. The topological polar surface area (TPSA) is 0 Å². The van der Waals surface area contributed by atoms with Crippen LogP contribution >= 0.6 is 0 Å². The smallest absolute Gasteiger partial charge is 0.0320 e. The second kappa shape index (κ2) is 46.1. The SMILES string of the molecule is C.C.C.C.CC.CC.CC.CC.CC1=C(C)CCCC1.CC1CC=CCC1C.CC1CCCCC1C.Cc1ccccc1C. The van der Waals surface area contributed by atoms with Crippen LogP contribution in [0.15, 0.2) is 47.6 Å². The summed E-state index contributed by atoms with van der Waals surface area (Å²) in [5.41, 5.74) is 6.01. The Labute approximate surface area is 286 Å². The zero-order valence-electron chi connectivity index (χ0n) is 30.8. The summed E-state index contributed by atoms with van der Waals surface area (Å²) < 4.78 is 0. The third kappa shape index (κ3) is 35.2. The molecule has 44 heavy (non-hydrogen) atoms. The number of allylic oxidation sites excluding steroid dienone is 4. The summed E-state index contributed by atoms with van der Waals surface area (Å²) in [6, 6.07) is 8.36. The second-order valence-electron chi connectivity index (χ2n) is 11.0. The summed E-state index contributed by atoms with van der Waals surface area (Å²) in [5, 5.41) is 0. The molecular formula is C44H94. The molecule has 270 valence electrons. The minimum atomic E-state index is 0. The molecule has 0 saturated heterocycles. The van der Waals surface area contributed by atoms with Crippen LogP contribution in [0.4, 0.5) is 0 Å². The first-order valence-corrected chi connectivity index (χ1v) is 17.5. The zero-order chi connectivity index (χ0) is 31.9. The lowest BCUT2D eigenvalue weighted by Crippen LogP contribution is -2.12. The van der Waals surface area contributed by atoms with Gasteiger partial charge in [-0.05, 0) is 101 Å². The maximum absolute atomic E-state index is 2.38. The Morgan fingerprint density at radius 1 is 0.432 bits per heavy atom. The molecule has 0 spiro atoms. The lowest BCUT2D eigenvalue weighted by Gasteiger charge is -2.24. The van der Waals surface area contributed by atoms with Gasteiger partial charge >= 0.3 is 0 Å². The van der Waals surface area contributed by atoms with Gasteiger partial charge in [0.15, 0.2) is 0 Å². The van der Waals surface area contributed by atoms with E-state index in [0.29, 0.717) is 0 Å². The average molecular weight is 623 g/mol. The van der Waals surface area contributed by atoms with Crippen LogP contribution in [0, 0.1) is 37.5 Å². The van der Waals surface area contributed by atoms with Crippen molar-refractivity contribution in [3.8, 4) is 0 Å². The van der Waals surface area contributed by atoms with Gasteiger partial charge in [0, 0.05) is 0 Å². The van der Waals surface area contributed by atoms with Crippen LogP contribution in [-0.4, -0.2) is 0 Å². The van der Waals surface area contributed by atoms with Gasteiger partial charge in [-0.15, -0.1) is 0 Å². The van der Waals surface area contributed by atoms with E-state index >= 15 is 0 Å². The van der Waals surface area contributed by atoms with Crippen molar-refractivity contribution in [2.24, 2.45) is 23.7 Å². The van der Waals surface area contributed by atoms with Crippen LogP contribution < -0.4 is 0 Å². The molecule has 0 amide bonds. The molecule has 0 N–H and O–H groups in total. The molecular weight excluding hydrogens is 528 g/mol. The molecule has 0 nitrogen and oxygen atoms in total. The van der Waals surface area contributed by atoms with E-state index in [0.717, 1.165) is 23.7 Å². The van der Waals surface area contributed by atoms with Gasteiger partial charge in [-0.25, -0.2) is 0 Å². The minimum Gasteiger partial charge on any atom is -0.0883 e. The lowest BCUT2D eigenvalue weighted by molar-refractivity contribution is 0.277. The van der Waals surface area contributed by atoms with E-state index in [4.69, 9.17) is 0 Å². The monoisotopic (exact) mass is 623 g/mol. The van der Waals surface area contributed by atoms with E-state index in [2.05, 4.69) is 91.8 Å². The molecule has 0 radical (unpaired) electrons. The zero-order valence-corrected chi connectivity index (χ0v) is 30.8. The summed E-state index contributed by atoms with van der Waals surface area (Å²) in [5.74, 6) is 3.84. The maximum atomic E-state index is 2.38. The van der Waals surface area contributed by atoms with E-state index in [-0.39, 0.29) is 29.7 Å². The highest BCUT2D eigenvalue weighted by Gasteiger charge is 2.15. The highest BCUT2D eigenvalue weighted by atomic mass is 14.2. The lowest BCUT2D eigenvalue weighted by atomic mass is 9.82. The van der Waals surface area contributed by atoms with Gasteiger partial charge in [-0.2, -0.15) is 0 Å². The quantitative estimate of drug-likeness (QED) is 0.252. The Balaban J connectivity index is -0.0000000590. The first-order chi connectivity index (χ1) is 19.2. The molecule has 0 aliphatic heterocycles. The Bertz CT molecular complexity index is 620. The van der Waals surface area contributed by atoms with Crippen molar-refractivity contribution in [3.63, 3.8) is 0 Å². The van der Waals surface area contributed by atoms with Gasteiger partial charge < -0.3 is 0 Å². The molecule has 0 aromatic heterocycles. The molecule has 4 unspecified atom stereocenters. The minimum absolute atomic E-state index is 0. The molecule has 0 heterocycles. The third-order valence-corrected chi connectivity index (χ3v) is 8.20. The van der Waals surface area contributed by atoms with E-state index in [1.165, 1.54) is 75.3 Å². The first kappa shape index (κ1) is 61.7. The van der Waals surface area contributed by atoms with Gasteiger partial charge in [-0.1, -0.05) is 186 Å². The van der Waals surface area contributed by atoms with Crippen LogP contribution in [0.25, 0.3) is 0 Å². The fourth-order valence-corrected chi connectivity index (χ4v) is 4.46. The normalized spacial score (nSPS) is 20.3. The van der Waals surface area contributed by atoms with E-state index in [9.17, 15) is 0 Å². The van der Waals surface area contributed by atoms with Gasteiger partial charge in [0.2, 0.25) is 0 Å². The Kier molecular flexibility index (Phi) is 64.6. The van der Waals surface area contributed by atoms with Crippen molar-refractivity contribution in [1.82, 2.24) is 0 Å². The van der Waals surface area contributed by atoms with Crippen LogP contribution in [0.1, 0.15) is 202 Å². The van der Waals surface area contributed by atoms with Gasteiger partial charge in [0.25, 0.3) is 0 Å². The Hall–Kier alpha value is -1.30. The summed E-state index contributed by atoms with van der Waals surface area (Å²) >= 11 is 0. The maximum Gasteiger partial charge on any atom is -0.0320 e. The van der Waals surface area contributed by atoms with Crippen LogP contribution in [0.2, 0.25) is 0 Å². The third-order valence-electron chi connectivity index (χ3n) is 8.20. The van der Waals surface area contributed by atoms with Crippen LogP contribution in [0.5, 0.6) is 0 Å². The molecule has 1 fully saturated rings. The van der Waals surface area contributed by atoms with Crippen molar-refractivity contribution < 1.29 is 0 Å². The largest absolute Gasteiger partial charge is 0.0883 e. The predicted octanol–water partition coefficient (Wildman–Crippen LogP) is 17.3. The number of rotatable bonds is 0. The Morgan fingerprint density at radius 3 is 0.886 bits per heavy atom. The Morgan fingerprint density at radius 2 is 0.705 bits per heavy atom. The van der Waals surface area contributed by atoms with Crippen molar-refractivity contribution in [3.05, 3.63) is 58.7 Å². The van der Waals surface area contributed by atoms with Gasteiger partial charge in [-0.3, -0.25) is 0 Å². The molecule has 0 bridgehead atoms. The number of hydrogen-bond acceptors (Lipinski definition) is 0. The van der Waals surface area contributed by atoms with Crippen molar-refractivity contribution in [1.29, 1.82) is 0 Å². The highest BCUT2D eigenvalue weighted by molar-refractivity contribution is 5.23. The number of aryl methyl sites for hydroxylation is 2. The average Bonchev–Trinajstić information content (AvgIpc) is 3.00. The summed E-state index contributed by atoms with van der Waals surface area (Å²) in [4.78, 5) is 0. The van der Waals surface area contributed by atoms with E-state index in [1.807, 2.05) is 55.4 Å². The van der Waals surface area contributed by atoms with Gasteiger partial charge in [0.1, 0.15) is 0 Å². The van der Waals surface area contributed by atoms with Gasteiger partial charge in [0.05, 0.1) is 0 Å². The molecule has 3 aliphatic rings. The molecule has 3 aliphatic carbocycles.